The van der Waals surface area contributed by atoms with Crippen LogP contribution in [0.25, 0.3) is 0 Å². The number of aromatic nitrogens is 1. The van der Waals surface area contributed by atoms with Crippen molar-refractivity contribution in [3.8, 4) is 0 Å². The summed E-state index contributed by atoms with van der Waals surface area (Å²) in [6.07, 6.45) is 6.02. The van der Waals surface area contributed by atoms with E-state index in [9.17, 15) is 13.2 Å². The molecule has 2 rings (SSSR count). The fourth-order valence-electron chi connectivity index (χ4n) is 2.72. The Kier molecular flexibility index (Phi) is 5.74. The van der Waals surface area contributed by atoms with Crippen LogP contribution in [0.5, 0.6) is 0 Å². The van der Waals surface area contributed by atoms with Gasteiger partial charge in [0.15, 0.2) is 15.0 Å². The van der Waals surface area contributed by atoms with Gasteiger partial charge in [-0.3, -0.25) is 4.79 Å². The van der Waals surface area contributed by atoms with Crippen LogP contribution in [-0.2, 0) is 14.6 Å². The molecule has 1 amide bonds. The molecule has 0 saturated heterocycles. The van der Waals surface area contributed by atoms with E-state index in [1.165, 1.54) is 30.6 Å². The Morgan fingerprint density at radius 1 is 1.41 bits per heavy atom. The topological polar surface area (TPSA) is 76.1 Å². The van der Waals surface area contributed by atoms with Gasteiger partial charge in [0.25, 0.3) is 0 Å². The summed E-state index contributed by atoms with van der Waals surface area (Å²) in [5.74, 6) is -0.0477. The molecule has 0 atom stereocenters. The van der Waals surface area contributed by atoms with E-state index in [1.54, 1.807) is 0 Å². The number of hydrogen-bond acceptors (Lipinski definition) is 5. The van der Waals surface area contributed by atoms with Crippen LogP contribution in [0.4, 0.5) is 5.13 Å². The summed E-state index contributed by atoms with van der Waals surface area (Å²) >= 11 is 1.46. The molecule has 0 radical (unpaired) electrons. The normalized spacial score (nSPS) is 16.4. The summed E-state index contributed by atoms with van der Waals surface area (Å²) in [4.78, 5) is 17.5. The monoisotopic (exact) mass is 342 g/mol. The Balaban J connectivity index is 1.95. The Hall–Kier alpha value is -1.21. The SMILES string of the molecule is C=CS(=O)(=O)CCC(=O)Nc1nc(C2CCCCC2)c(C)s1. The molecule has 0 unspecified atom stereocenters. The third kappa shape index (κ3) is 4.64. The predicted molar refractivity (Wildman–Crippen MR) is 89.9 cm³/mol. The largest absolute Gasteiger partial charge is 0.302 e. The van der Waals surface area contributed by atoms with Gasteiger partial charge in [-0.2, -0.15) is 0 Å². The van der Waals surface area contributed by atoms with Crippen molar-refractivity contribution in [1.29, 1.82) is 0 Å². The first-order valence-electron chi connectivity index (χ1n) is 7.53. The maximum atomic E-state index is 11.8. The molecule has 0 aliphatic heterocycles. The highest BCUT2D eigenvalue weighted by atomic mass is 32.2. The van der Waals surface area contributed by atoms with Crippen molar-refractivity contribution in [2.75, 3.05) is 11.1 Å². The fraction of sp³-hybridized carbons (Fsp3) is 0.600. The molecule has 0 spiro atoms. The van der Waals surface area contributed by atoms with E-state index in [0.717, 1.165) is 28.8 Å². The quantitative estimate of drug-likeness (QED) is 0.860. The van der Waals surface area contributed by atoms with E-state index in [2.05, 4.69) is 16.9 Å². The van der Waals surface area contributed by atoms with Crippen LogP contribution < -0.4 is 5.32 Å². The highest BCUT2D eigenvalue weighted by Gasteiger charge is 2.21. The van der Waals surface area contributed by atoms with Crippen molar-refractivity contribution in [2.45, 2.75) is 51.4 Å². The summed E-state index contributed by atoms with van der Waals surface area (Å²) in [5, 5.41) is 4.16. The van der Waals surface area contributed by atoms with Gasteiger partial charge in [0.2, 0.25) is 5.91 Å². The smallest absolute Gasteiger partial charge is 0.227 e. The number of nitrogens with zero attached hydrogens (tertiary/aromatic N) is 1. The van der Waals surface area contributed by atoms with Gasteiger partial charge in [-0.15, -0.1) is 11.3 Å². The Labute approximate surface area is 135 Å². The van der Waals surface area contributed by atoms with Crippen LogP contribution in [-0.4, -0.2) is 25.1 Å². The van der Waals surface area contributed by atoms with Crippen molar-refractivity contribution in [3.63, 3.8) is 0 Å². The highest BCUT2D eigenvalue weighted by Crippen LogP contribution is 2.36. The first kappa shape index (κ1) is 17.1. The molecule has 122 valence electrons. The van der Waals surface area contributed by atoms with E-state index in [-0.39, 0.29) is 18.1 Å². The Morgan fingerprint density at radius 3 is 2.73 bits per heavy atom. The number of carbonyl (C=O) groups excluding carboxylic acids is 1. The number of anilines is 1. The first-order chi connectivity index (χ1) is 10.4. The third-order valence-electron chi connectivity index (χ3n) is 3.94. The number of sulfone groups is 1. The van der Waals surface area contributed by atoms with E-state index in [4.69, 9.17) is 0 Å². The van der Waals surface area contributed by atoms with Crippen LogP contribution in [0.1, 0.15) is 55.0 Å². The predicted octanol–water partition coefficient (Wildman–Crippen LogP) is 3.39. The summed E-state index contributed by atoms with van der Waals surface area (Å²) in [7, 11) is -3.34. The molecule has 1 aliphatic rings. The molecule has 0 bridgehead atoms. The van der Waals surface area contributed by atoms with E-state index in [0.29, 0.717) is 11.0 Å². The lowest BCUT2D eigenvalue weighted by atomic mass is 9.87. The number of rotatable bonds is 6. The minimum absolute atomic E-state index is 0.0776. The molecular weight excluding hydrogens is 320 g/mol. The first-order valence-corrected chi connectivity index (χ1v) is 10.1. The van der Waals surface area contributed by atoms with Gasteiger partial charge in [-0.25, -0.2) is 13.4 Å². The average molecular weight is 342 g/mol. The standard InChI is InChI=1S/C15H22N2O3S2/c1-3-22(19,20)10-9-13(18)16-15-17-14(11(2)21-15)12-7-5-4-6-8-12/h3,12H,1,4-10H2,2H3,(H,16,17,18). The number of thiazole rings is 1. The van der Waals surface area contributed by atoms with Crippen molar-refractivity contribution in [1.82, 2.24) is 4.98 Å². The minimum atomic E-state index is -3.34. The van der Waals surface area contributed by atoms with Gasteiger partial charge >= 0.3 is 0 Å². The zero-order valence-electron chi connectivity index (χ0n) is 12.8. The van der Waals surface area contributed by atoms with Gasteiger partial charge in [-0.1, -0.05) is 25.8 Å². The number of aryl methyl sites for hydroxylation is 1. The fourth-order valence-corrected chi connectivity index (χ4v) is 4.27. The second-order valence-corrected chi connectivity index (χ2v) is 8.90. The molecular formula is C15H22N2O3S2. The van der Waals surface area contributed by atoms with Crippen molar-refractivity contribution in [3.05, 3.63) is 22.6 Å². The number of hydrogen-bond donors (Lipinski definition) is 1. The second kappa shape index (κ2) is 7.37. The molecule has 1 fully saturated rings. The van der Waals surface area contributed by atoms with Gasteiger partial charge in [0.05, 0.1) is 11.4 Å². The van der Waals surface area contributed by atoms with E-state index < -0.39 is 9.84 Å². The van der Waals surface area contributed by atoms with E-state index >= 15 is 0 Å². The maximum Gasteiger partial charge on any atom is 0.227 e. The Morgan fingerprint density at radius 2 is 2.09 bits per heavy atom. The molecule has 5 nitrogen and oxygen atoms in total. The molecule has 1 aromatic rings. The molecule has 1 aliphatic carbocycles. The van der Waals surface area contributed by atoms with Crippen LogP contribution in [0.15, 0.2) is 12.0 Å². The third-order valence-corrected chi connectivity index (χ3v) is 6.12. The van der Waals surface area contributed by atoms with Crippen LogP contribution in [0.2, 0.25) is 0 Å². The summed E-state index contributed by atoms with van der Waals surface area (Å²) in [5.41, 5.74) is 1.10. The van der Waals surface area contributed by atoms with Crippen molar-refractivity contribution < 1.29 is 13.2 Å². The summed E-state index contributed by atoms with van der Waals surface area (Å²) < 4.78 is 22.6. The molecule has 1 aromatic heterocycles. The molecule has 1 N–H and O–H groups in total. The molecule has 7 heteroatoms. The van der Waals surface area contributed by atoms with Gasteiger partial charge in [0, 0.05) is 22.6 Å². The van der Waals surface area contributed by atoms with Crippen molar-refractivity contribution >= 4 is 32.2 Å². The molecule has 0 aromatic carbocycles. The van der Waals surface area contributed by atoms with Gasteiger partial charge in [-0.05, 0) is 19.8 Å². The highest BCUT2D eigenvalue weighted by molar-refractivity contribution is 7.94. The van der Waals surface area contributed by atoms with Gasteiger partial charge < -0.3 is 5.32 Å². The minimum Gasteiger partial charge on any atom is -0.302 e. The van der Waals surface area contributed by atoms with Crippen LogP contribution >= 0.6 is 11.3 Å². The molecule has 1 heterocycles. The summed E-state index contributed by atoms with van der Waals surface area (Å²) in [6.45, 7) is 5.26. The van der Waals surface area contributed by atoms with E-state index in [1.807, 2.05) is 6.92 Å². The molecule has 1 saturated carbocycles. The number of nitrogens with one attached hydrogen (secondary N) is 1. The van der Waals surface area contributed by atoms with Crippen molar-refractivity contribution in [2.24, 2.45) is 0 Å². The number of amides is 1. The van der Waals surface area contributed by atoms with Crippen LogP contribution in [0, 0.1) is 6.92 Å². The summed E-state index contributed by atoms with van der Waals surface area (Å²) in [6, 6.07) is 0. The Bertz CT molecular complexity index is 644. The lowest BCUT2D eigenvalue weighted by Crippen LogP contribution is -2.16. The van der Waals surface area contributed by atoms with Gasteiger partial charge in [0.1, 0.15) is 0 Å². The lowest BCUT2D eigenvalue weighted by Gasteiger charge is -2.20. The van der Waals surface area contributed by atoms with Crippen LogP contribution in [0.3, 0.4) is 0 Å². The number of carbonyl (C=O) groups is 1. The average Bonchev–Trinajstić information content (AvgIpc) is 2.87. The maximum absolute atomic E-state index is 11.8. The lowest BCUT2D eigenvalue weighted by molar-refractivity contribution is -0.115. The molecule has 22 heavy (non-hydrogen) atoms. The second-order valence-electron chi connectivity index (χ2n) is 5.63. The zero-order valence-corrected chi connectivity index (χ0v) is 14.4. The zero-order chi connectivity index (χ0) is 16.2.